The molecule has 1 aliphatic heterocycles. The van der Waals surface area contributed by atoms with Crippen molar-refractivity contribution in [3.05, 3.63) is 29.8 Å². The molecule has 0 amide bonds. The molecule has 16 heavy (non-hydrogen) atoms. The first kappa shape index (κ1) is 11.1. The molecule has 0 bridgehead atoms. The summed E-state index contributed by atoms with van der Waals surface area (Å²) >= 11 is 0. The van der Waals surface area contributed by atoms with E-state index in [2.05, 4.69) is 5.32 Å². The third-order valence-corrected chi connectivity index (χ3v) is 2.90. The van der Waals surface area contributed by atoms with E-state index in [-0.39, 0.29) is 5.78 Å². The molecule has 0 aromatic heterocycles. The first-order valence-corrected chi connectivity index (χ1v) is 5.71. The van der Waals surface area contributed by atoms with Gasteiger partial charge in [0.15, 0.2) is 5.78 Å². The molecule has 0 unspecified atom stereocenters. The minimum Gasteiger partial charge on any atom is -0.492 e. The molecule has 1 aromatic carbocycles. The third-order valence-electron chi connectivity index (χ3n) is 2.90. The lowest BCUT2D eigenvalue weighted by Crippen LogP contribution is -2.16. The number of hydrogen-bond acceptors (Lipinski definition) is 3. The number of ketones is 1. The molecule has 1 heterocycles. The van der Waals surface area contributed by atoms with Crippen LogP contribution < -0.4 is 10.1 Å². The van der Waals surface area contributed by atoms with Gasteiger partial charge in [-0.05, 0) is 32.0 Å². The molecule has 3 nitrogen and oxygen atoms in total. The Bertz CT molecular complexity index is 370. The van der Waals surface area contributed by atoms with Crippen LogP contribution in [0.1, 0.15) is 23.7 Å². The quantitative estimate of drug-likeness (QED) is 0.786. The minimum atomic E-state index is 0.0557. The van der Waals surface area contributed by atoms with Crippen LogP contribution in [-0.4, -0.2) is 25.5 Å². The molecular weight excluding hydrogens is 202 g/mol. The number of nitrogens with one attached hydrogen (secondary N) is 1. The van der Waals surface area contributed by atoms with Gasteiger partial charge in [0.05, 0.1) is 12.2 Å². The number of para-hydroxylation sites is 1. The Morgan fingerprint density at radius 1 is 1.50 bits per heavy atom. The smallest absolute Gasteiger partial charge is 0.163 e. The largest absolute Gasteiger partial charge is 0.492 e. The third kappa shape index (κ3) is 2.61. The zero-order valence-electron chi connectivity index (χ0n) is 9.53. The van der Waals surface area contributed by atoms with Gasteiger partial charge in [0.25, 0.3) is 0 Å². The van der Waals surface area contributed by atoms with E-state index in [1.807, 2.05) is 24.3 Å². The van der Waals surface area contributed by atoms with Gasteiger partial charge in [0, 0.05) is 12.5 Å². The zero-order chi connectivity index (χ0) is 11.4. The normalized spacial score (nSPS) is 19.7. The van der Waals surface area contributed by atoms with Crippen LogP contribution in [0.4, 0.5) is 0 Å². The second-order valence-electron chi connectivity index (χ2n) is 4.22. The summed E-state index contributed by atoms with van der Waals surface area (Å²) in [5.41, 5.74) is 0.674. The van der Waals surface area contributed by atoms with Crippen LogP contribution in [0.2, 0.25) is 0 Å². The van der Waals surface area contributed by atoms with Crippen molar-refractivity contribution in [2.45, 2.75) is 13.3 Å². The van der Waals surface area contributed by atoms with Crippen molar-refractivity contribution in [1.29, 1.82) is 0 Å². The van der Waals surface area contributed by atoms with Crippen LogP contribution in [0.25, 0.3) is 0 Å². The van der Waals surface area contributed by atoms with Crippen molar-refractivity contribution in [3.63, 3.8) is 0 Å². The van der Waals surface area contributed by atoms with Crippen LogP contribution in [0.3, 0.4) is 0 Å². The Balaban J connectivity index is 2.00. The summed E-state index contributed by atoms with van der Waals surface area (Å²) < 4.78 is 5.72. The van der Waals surface area contributed by atoms with Crippen molar-refractivity contribution in [3.8, 4) is 5.75 Å². The van der Waals surface area contributed by atoms with Crippen LogP contribution in [0.5, 0.6) is 5.75 Å². The Hall–Kier alpha value is -1.35. The molecular formula is C13H17NO2. The Morgan fingerprint density at radius 3 is 3.00 bits per heavy atom. The highest BCUT2D eigenvalue weighted by Gasteiger charge is 2.16. The number of carbonyl (C=O) groups excluding carboxylic acids is 1. The van der Waals surface area contributed by atoms with E-state index >= 15 is 0 Å². The van der Waals surface area contributed by atoms with Crippen molar-refractivity contribution in [2.24, 2.45) is 5.92 Å². The lowest BCUT2D eigenvalue weighted by Gasteiger charge is -2.12. The highest BCUT2D eigenvalue weighted by Crippen LogP contribution is 2.20. The summed E-state index contributed by atoms with van der Waals surface area (Å²) in [7, 11) is 0. The summed E-state index contributed by atoms with van der Waals surface area (Å²) in [6, 6.07) is 7.43. The van der Waals surface area contributed by atoms with Gasteiger partial charge in [-0.1, -0.05) is 12.1 Å². The van der Waals surface area contributed by atoms with Gasteiger partial charge in [-0.15, -0.1) is 0 Å². The monoisotopic (exact) mass is 219 g/mol. The van der Waals surface area contributed by atoms with E-state index in [9.17, 15) is 4.79 Å². The van der Waals surface area contributed by atoms with Gasteiger partial charge >= 0.3 is 0 Å². The Labute approximate surface area is 95.8 Å². The topological polar surface area (TPSA) is 38.3 Å². The molecule has 1 N–H and O–H groups in total. The molecule has 0 spiro atoms. The number of hydrogen-bond donors (Lipinski definition) is 1. The van der Waals surface area contributed by atoms with E-state index in [1.54, 1.807) is 6.92 Å². The standard InChI is InChI=1S/C13H17NO2/c1-10(15)12-4-2-3-5-13(12)16-9-11-6-7-14-8-11/h2-5,11,14H,6-9H2,1H3/t11-/m0/s1. The summed E-state index contributed by atoms with van der Waals surface area (Å²) in [6.45, 7) is 4.35. The highest BCUT2D eigenvalue weighted by atomic mass is 16.5. The molecule has 0 aliphatic carbocycles. The van der Waals surface area contributed by atoms with Gasteiger partial charge in [0.1, 0.15) is 5.75 Å². The summed E-state index contributed by atoms with van der Waals surface area (Å²) in [5.74, 6) is 1.34. The fourth-order valence-electron chi connectivity index (χ4n) is 1.95. The maximum atomic E-state index is 11.4. The summed E-state index contributed by atoms with van der Waals surface area (Å²) in [5, 5.41) is 3.30. The van der Waals surface area contributed by atoms with Gasteiger partial charge < -0.3 is 10.1 Å². The fourth-order valence-corrected chi connectivity index (χ4v) is 1.95. The SMILES string of the molecule is CC(=O)c1ccccc1OC[C@H]1CCNC1. The average molecular weight is 219 g/mol. The predicted molar refractivity (Wildman–Crippen MR) is 62.9 cm³/mol. The van der Waals surface area contributed by atoms with Crippen LogP contribution >= 0.6 is 0 Å². The van der Waals surface area contributed by atoms with E-state index in [4.69, 9.17) is 4.74 Å². The number of ether oxygens (including phenoxy) is 1. The number of benzene rings is 1. The van der Waals surface area contributed by atoms with E-state index < -0.39 is 0 Å². The Kier molecular flexibility index (Phi) is 3.57. The van der Waals surface area contributed by atoms with E-state index in [1.165, 1.54) is 0 Å². The first-order chi connectivity index (χ1) is 7.77. The minimum absolute atomic E-state index is 0.0557. The molecule has 1 atom stereocenters. The Morgan fingerprint density at radius 2 is 2.31 bits per heavy atom. The summed E-state index contributed by atoms with van der Waals surface area (Å²) in [4.78, 5) is 11.4. The second kappa shape index (κ2) is 5.12. The second-order valence-corrected chi connectivity index (χ2v) is 4.22. The zero-order valence-corrected chi connectivity index (χ0v) is 9.53. The lowest BCUT2D eigenvalue weighted by molar-refractivity contribution is 0.101. The van der Waals surface area contributed by atoms with E-state index in [0.717, 1.165) is 19.5 Å². The fraction of sp³-hybridized carbons (Fsp3) is 0.462. The number of carbonyl (C=O) groups is 1. The molecule has 2 rings (SSSR count). The van der Waals surface area contributed by atoms with Gasteiger partial charge in [0.2, 0.25) is 0 Å². The predicted octanol–water partition coefficient (Wildman–Crippen LogP) is 1.88. The molecule has 0 radical (unpaired) electrons. The lowest BCUT2D eigenvalue weighted by atomic mass is 10.1. The maximum absolute atomic E-state index is 11.4. The average Bonchev–Trinajstić information content (AvgIpc) is 2.79. The van der Waals surface area contributed by atoms with Crippen molar-refractivity contribution in [1.82, 2.24) is 5.32 Å². The molecule has 0 saturated carbocycles. The van der Waals surface area contributed by atoms with Crippen molar-refractivity contribution in [2.75, 3.05) is 19.7 Å². The molecule has 1 aromatic rings. The number of rotatable bonds is 4. The molecule has 1 fully saturated rings. The van der Waals surface area contributed by atoms with Gasteiger partial charge in [-0.3, -0.25) is 4.79 Å². The molecule has 86 valence electrons. The maximum Gasteiger partial charge on any atom is 0.163 e. The summed E-state index contributed by atoms with van der Waals surface area (Å²) in [6.07, 6.45) is 1.15. The van der Waals surface area contributed by atoms with Gasteiger partial charge in [-0.2, -0.15) is 0 Å². The van der Waals surface area contributed by atoms with Crippen molar-refractivity contribution >= 4 is 5.78 Å². The van der Waals surface area contributed by atoms with E-state index in [0.29, 0.717) is 23.8 Å². The van der Waals surface area contributed by atoms with Crippen LogP contribution in [-0.2, 0) is 0 Å². The van der Waals surface area contributed by atoms with Gasteiger partial charge in [-0.25, -0.2) is 0 Å². The molecule has 3 heteroatoms. The number of Topliss-reactive ketones (excluding diaryl/α,β-unsaturated/α-hetero) is 1. The highest BCUT2D eigenvalue weighted by molar-refractivity contribution is 5.96. The van der Waals surface area contributed by atoms with Crippen molar-refractivity contribution < 1.29 is 9.53 Å². The first-order valence-electron chi connectivity index (χ1n) is 5.71. The molecule has 1 aliphatic rings. The van der Waals surface area contributed by atoms with Crippen LogP contribution in [0, 0.1) is 5.92 Å². The molecule has 1 saturated heterocycles. The van der Waals surface area contributed by atoms with Crippen LogP contribution in [0.15, 0.2) is 24.3 Å².